The summed E-state index contributed by atoms with van der Waals surface area (Å²) in [6.45, 7) is 8.40. The van der Waals surface area contributed by atoms with Crippen LogP contribution < -0.4 is 9.64 Å². The molecule has 110 valence electrons. The average molecular weight is 278 g/mol. The second kappa shape index (κ2) is 7.14. The molecule has 20 heavy (non-hydrogen) atoms. The molecule has 0 spiro atoms. The summed E-state index contributed by atoms with van der Waals surface area (Å²) in [5, 5.41) is 0. The molecule has 0 radical (unpaired) electrons. The fourth-order valence-electron chi connectivity index (χ4n) is 2.21. The molecular weight excluding hydrogens is 256 g/mol. The fourth-order valence-corrected chi connectivity index (χ4v) is 2.21. The van der Waals surface area contributed by atoms with Gasteiger partial charge in [0.05, 0.1) is 13.2 Å². The van der Waals surface area contributed by atoms with Gasteiger partial charge in [-0.1, -0.05) is 6.07 Å². The van der Waals surface area contributed by atoms with Crippen molar-refractivity contribution in [1.82, 2.24) is 4.90 Å². The maximum absolute atomic E-state index is 11.9. The molecule has 5 nitrogen and oxygen atoms in total. The number of carbonyl (C=O) groups is 1. The van der Waals surface area contributed by atoms with Crippen LogP contribution in [0.3, 0.4) is 0 Å². The van der Waals surface area contributed by atoms with Gasteiger partial charge < -0.3 is 19.3 Å². The Morgan fingerprint density at radius 2 is 2.00 bits per heavy atom. The molecule has 0 aromatic heterocycles. The van der Waals surface area contributed by atoms with Crippen molar-refractivity contribution in [2.24, 2.45) is 0 Å². The smallest absolute Gasteiger partial charge is 0.410 e. The minimum Gasteiger partial charge on any atom is -0.410 e. The van der Waals surface area contributed by atoms with E-state index in [1.165, 1.54) is 0 Å². The molecule has 0 N–H and O–H groups in total. The van der Waals surface area contributed by atoms with Gasteiger partial charge in [-0.25, -0.2) is 4.79 Å². The normalized spacial score (nSPS) is 15.0. The lowest BCUT2D eigenvalue weighted by molar-refractivity contribution is 0.122. The molecule has 1 fully saturated rings. The van der Waals surface area contributed by atoms with E-state index in [1.807, 2.05) is 38.1 Å². The van der Waals surface area contributed by atoms with Crippen LogP contribution in [0, 0.1) is 0 Å². The zero-order valence-corrected chi connectivity index (χ0v) is 12.2. The van der Waals surface area contributed by atoms with Crippen molar-refractivity contribution >= 4 is 11.8 Å². The van der Waals surface area contributed by atoms with Gasteiger partial charge in [0.1, 0.15) is 5.75 Å². The molecule has 1 saturated heterocycles. The molecule has 1 aromatic rings. The summed E-state index contributed by atoms with van der Waals surface area (Å²) in [4.78, 5) is 15.8. The number of morpholine rings is 1. The van der Waals surface area contributed by atoms with Crippen LogP contribution in [0.25, 0.3) is 0 Å². The van der Waals surface area contributed by atoms with E-state index >= 15 is 0 Å². The first-order valence-corrected chi connectivity index (χ1v) is 7.14. The lowest BCUT2D eigenvalue weighted by Crippen LogP contribution is -2.36. The van der Waals surface area contributed by atoms with Crippen LogP contribution in [0.5, 0.6) is 5.75 Å². The Morgan fingerprint density at radius 1 is 1.30 bits per heavy atom. The van der Waals surface area contributed by atoms with E-state index in [-0.39, 0.29) is 6.09 Å². The highest BCUT2D eigenvalue weighted by Gasteiger charge is 2.14. The maximum Gasteiger partial charge on any atom is 0.415 e. The topological polar surface area (TPSA) is 42.0 Å². The van der Waals surface area contributed by atoms with Crippen LogP contribution in [0.15, 0.2) is 24.3 Å². The van der Waals surface area contributed by atoms with E-state index in [0.29, 0.717) is 18.8 Å². The molecule has 1 heterocycles. The molecular formula is C15H22N2O3. The summed E-state index contributed by atoms with van der Waals surface area (Å²) in [5.41, 5.74) is 1.07. The third-order valence-corrected chi connectivity index (χ3v) is 3.42. The molecule has 2 rings (SSSR count). The number of ether oxygens (including phenoxy) is 2. The number of rotatable bonds is 4. The quantitative estimate of drug-likeness (QED) is 0.848. The first-order valence-electron chi connectivity index (χ1n) is 7.14. The minimum atomic E-state index is -0.297. The van der Waals surface area contributed by atoms with Gasteiger partial charge in [-0.15, -0.1) is 0 Å². The number of anilines is 1. The maximum atomic E-state index is 11.9. The first kappa shape index (κ1) is 14.7. The van der Waals surface area contributed by atoms with Crippen molar-refractivity contribution in [2.45, 2.75) is 13.8 Å². The zero-order valence-electron chi connectivity index (χ0n) is 12.2. The molecule has 0 unspecified atom stereocenters. The first-order chi connectivity index (χ1) is 9.74. The van der Waals surface area contributed by atoms with E-state index in [0.717, 1.165) is 32.0 Å². The fraction of sp³-hybridized carbons (Fsp3) is 0.533. The number of hydrogen-bond acceptors (Lipinski definition) is 4. The van der Waals surface area contributed by atoms with Crippen LogP contribution in [0.1, 0.15) is 13.8 Å². The lowest BCUT2D eigenvalue weighted by atomic mass is 10.2. The third kappa shape index (κ3) is 3.63. The van der Waals surface area contributed by atoms with Gasteiger partial charge in [0.25, 0.3) is 0 Å². The highest BCUT2D eigenvalue weighted by Crippen LogP contribution is 2.22. The van der Waals surface area contributed by atoms with Gasteiger partial charge in [-0.2, -0.15) is 0 Å². The third-order valence-electron chi connectivity index (χ3n) is 3.42. The molecule has 1 aliphatic heterocycles. The minimum absolute atomic E-state index is 0.297. The molecule has 0 atom stereocenters. The van der Waals surface area contributed by atoms with E-state index in [2.05, 4.69) is 4.90 Å². The number of nitrogens with zero attached hydrogens (tertiary/aromatic N) is 2. The van der Waals surface area contributed by atoms with Crippen LogP contribution in [-0.2, 0) is 4.74 Å². The van der Waals surface area contributed by atoms with E-state index in [4.69, 9.17) is 9.47 Å². The van der Waals surface area contributed by atoms with E-state index in [9.17, 15) is 4.79 Å². The average Bonchev–Trinajstić information content (AvgIpc) is 2.49. The van der Waals surface area contributed by atoms with E-state index < -0.39 is 0 Å². The van der Waals surface area contributed by atoms with Crippen LogP contribution in [0.4, 0.5) is 10.5 Å². The Labute approximate surface area is 120 Å². The number of hydrogen-bond donors (Lipinski definition) is 0. The molecule has 1 aromatic carbocycles. The van der Waals surface area contributed by atoms with Gasteiger partial charge in [0, 0.05) is 37.9 Å². The SMILES string of the molecule is CCN(CC)C(=O)Oc1cccc(N2CCOCC2)c1. The Bertz CT molecular complexity index is 440. The van der Waals surface area contributed by atoms with Crippen molar-refractivity contribution in [1.29, 1.82) is 0 Å². The van der Waals surface area contributed by atoms with Crippen molar-refractivity contribution < 1.29 is 14.3 Å². The standard InChI is InChI=1S/C15H22N2O3/c1-3-16(4-2)15(18)20-14-7-5-6-13(12-14)17-8-10-19-11-9-17/h5-7,12H,3-4,8-11H2,1-2H3. The molecule has 1 amide bonds. The lowest BCUT2D eigenvalue weighted by Gasteiger charge is -2.29. The summed E-state index contributed by atoms with van der Waals surface area (Å²) in [7, 11) is 0. The van der Waals surface area contributed by atoms with Gasteiger partial charge in [-0.05, 0) is 26.0 Å². The predicted octanol–water partition coefficient (Wildman–Crippen LogP) is 2.36. The van der Waals surface area contributed by atoms with Crippen LogP contribution in [-0.4, -0.2) is 50.4 Å². The Morgan fingerprint density at radius 3 is 2.65 bits per heavy atom. The molecule has 0 bridgehead atoms. The number of carbonyl (C=O) groups excluding carboxylic acids is 1. The van der Waals surface area contributed by atoms with Gasteiger partial charge in [0.2, 0.25) is 0 Å². The largest absolute Gasteiger partial charge is 0.415 e. The Balaban J connectivity index is 2.03. The van der Waals surface area contributed by atoms with Crippen molar-refractivity contribution in [2.75, 3.05) is 44.3 Å². The number of benzene rings is 1. The molecule has 0 aliphatic carbocycles. The Hall–Kier alpha value is -1.75. The summed E-state index contributed by atoms with van der Waals surface area (Å²) < 4.78 is 10.8. The van der Waals surface area contributed by atoms with Crippen LogP contribution in [0.2, 0.25) is 0 Å². The highest BCUT2D eigenvalue weighted by atomic mass is 16.6. The van der Waals surface area contributed by atoms with Gasteiger partial charge >= 0.3 is 6.09 Å². The molecule has 1 aliphatic rings. The van der Waals surface area contributed by atoms with Crippen molar-refractivity contribution in [3.05, 3.63) is 24.3 Å². The van der Waals surface area contributed by atoms with Crippen LogP contribution >= 0.6 is 0 Å². The molecule has 5 heteroatoms. The Kier molecular flexibility index (Phi) is 5.24. The predicted molar refractivity (Wildman–Crippen MR) is 78.4 cm³/mol. The van der Waals surface area contributed by atoms with Gasteiger partial charge in [-0.3, -0.25) is 0 Å². The monoisotopic (exact) mass is 278 g/mol. The second-order valence-corrected chi connectivity index (χ2v) is 4.64. The summed E-state index contributed by atoms with van der Waals surface area (Å²) in [5.74, 6) is 0.589. The highest BCUT2D eigenvalue weighted by molar-refractivity contribution is 5.71. The summed E-state index contributed by atoms with van der Waals surface area (Å²) in [6, 6.07) is 7.66. The second-order valence-electron chi connectivity index (χ2n) is 4.64. The molecule has 0 saturated carbocycles. The van der Waals surface area contributed by atoms with Gasteiger partial charge in [0.15, 0.2) is 0 Å². The number of amides is 1. The van der Waals surface area contributed by atoms with E-state index in [1.54, 1.807) is 4.90 Å². The van der Waals surface area contributed by atoms with Crippen molar-refractivity contribution in [3.63, 3.8) is 0 Å². The van der Waals surface area contributed by atoms with Crippen molar-refractivity contribution in [3.8, 4) is 5.75 Å². The summed E-state index contributed by atoms with van der Waals surface area (Å²) >= 11 is 0. The zero-order chi connectivity index (χ0) is 14.4. The summed E-state index contributed by atoms with van der Waals surface area (Å²) in [6.07, 6.45) is -0.297.